The van der Waals surface area contributed by atoms with Crippen LogP contribution >= 0.6 is 0 Å². The van der Waals surface area contributed by atoms with Gasteiger partial charge in [0.15, 0.2) is 0 Å². The predicted octanol–water partition coefficient (Wildman–Crippen LogP) is 1.22. The van der Waals surface area contributed by atoms with Gasteiger partial charge in [-0.3, -0.25) is 5.32 Å². The molecule has 0 fully saturated rings. The van der Waals surface area contributed by atoms with Crippen molar-refractivity contribution in [2.45, 2.75) is 26.1 Å². The van der Waals surface area contributed by atoms with E-state index in [0.29, 0.717) is 6.04 Å². The molecule has 0 radical (unpaired) electrons. The third-order valence-corrected chi connectivity index (χ3v) is 1.81. The van der Waals surface area contributed by atoms with Crippen LogP contribution < -0.4 is 16.8 Å². The van der Waals surface area contributed by atoms with E-state index in [4.69, 9.17) is 11.5 Å². The van der Waals surface area contributed by atoms with Crippen molar-refractivity contribution in [2.24, 2.45) is 5.73 Å². The second-order valence-corrected chi connectivity index (χ2v) is 3.47. The molecule has 0 aliphatic heterocycles. The fraction of sp³-hybridized carbons (Fsp3) is 0.400. The summed E-state index contributed by atoms with van der Waals surface area (Å²) in [6.07, 6.45) is -0.111. The van der Waals surface area contributed by atoms with E-state index in [1.54, 1.807) is 0 Å². The maximum Gasteiger partial charge on any atom is 0.0812 e. The number of nitrogen functional groups attached to an aromatic ring is 1. The van der Waals surface area contributed by atoms with Crippen LogP contribution in [0.15, 0.2) is 24.3 Å². The molecule has 3 nitrogen and oxygen atoms in total. The van der Waals surface area contributed by atoms with Gasteiger partial charge in [-0.05, 0) is 31.5 Å². The highest BCUT2D eigenvalue weighted by atomic mass is 15.0. The van der Waals surface area contributed by atoms with Crippen LogP contribution in [0, 0.1) is 0 Å². The van der Waals surface area contributed by atoms with E-state index in [0.717, 1.165) is 11.3 Å². The van der Waals surface area contributed by atoms with Crippen molar-refractivity contribution >= 4 is 5.69 Å². The molecule has 0 saturated carbocycles. The van der Waals surface area contributed by atoms with Gasteiger partial charge in [-0.2, -0.15) is 0 Å². The van der Waals surface area contributed by atoms with Crippen LogP contribution in [-0.2, 0) is 0 Å². The second-order valence-electron chi connectivity index (χ2n) is 3.47. The second kappa shape index (κ2) is 4.25. The molecule has 0 bridgehead atoms. The Kier molecular flexibility index (Phi) is 3.28. The molecule has 5 N–H and O–H groups in total. The lowest BCUT2D eigenvalue weighted by atomic mass is 10.1. The van der Waals surface area contributed by atoms with E-state index in [2.05, 4.69) is 19.2 Å². The average molecular weight is 179 g/mol. The molecule has 1 atom stereocenters. The number of nitrogens with two attached hydrogens (primary N) is 2. The van der Waals surface area contributed by atoms with Gasteiger partial charge in [0.1, 0.15) is 0 Å². The summed E-state index contributed by atoms with van der Waals surface area (Å²) in [4.78, 5) is 0. The third kappa shape index (κ3) is 3.05. The number of nitrogens with one attached hydrogen (secondary N) is 1. The highest BCUT2D eigenvalue weighted by Crippen LogP contribution is 2.10. The average Bonchev–Trinajstić information content (AvgIpc) is 2.04. The van der Waals surface area contributed by atoms with Gasteiger partial charge in [-0.15, -0.1) is 0 Å². The van der Waals surface area contributed by atoms with Gasteiger partial charge in [0, 0.05) is 11.7 Å². The molecular weight excluding hydrogens is 162 g/mol. The van der Waals surface area contributed by atoms with Gasteiger partial charge in [0.05, 0.1) is 6.17 Å². The Balaban J connectivity index is 2.66. The van der Waals surface area contributed by atoms with Gasteiger partial charge in [0.25, 0.3) is 0 Å². The minimum absolute atomic E-state index is 0.111. The smallest absolute Gasteiger partial charge is 0.0812 e. The largest absolute Gasteiger partial charge is 0.399 e. The van der Waals surface area contributed by atoms with Crippen LogP contribution in [0.1, 0.15) is 25.6 Å². The molecule has 13 heavy (non-hydrogen) atoms. The third-order valence-electron chi connectivity index (χ3n) is 1.81. The topological polar surface area (TPSA) is 64.1 Å². The molecule has 0 aliphatic rings. The minimum Gasteiger partial charge on any atom is -0.399 e. The van der Waals surface area contributed by atoms with E-state index in [-0.39, 0.29) is 6.17 Å². The molecule has 1 aromatic carbocycles. The van der Waals surface area contributed by atoms with E-state index >= 15 is 0 Å². The SMILES string of the molecule is CC(C)NC(N)c1ccc(N)cc1. The van der Waals surface area contributed by atoms with Crippen molar-refractivity contribution in [3.63, 3.8) is 0 Å². The number of hydrogen-bond acceptors (Lipinski definition) is 3. The van der Waals surface area contributed by atoms with Crippen LogP contribution in [-0.4, -0.2) is 6.04 Å². The van der Waals surface area contributed by atoms with Crippen molar-refractivity contribution in [3.05, 3.63) is 29.8 Å². The Morgan fingerprint density at radius 3 is 2.15 bits per heavy atom. The zero-order valence-corrected chi connectivity index (χ0v) is 8.12. The Hall–Kier alpha value is -1.06. The summed E-state index contributed by atoms with van der Waals surface area (Å²) < 4.78 is 0. The Morgan fingerprint density at radius 2 is 1.69 bits per heavy atom. The lowest BCUT2D eigenvalue weighted by molar-refractivity contribution is 0.490. The quantitative estimate of drug-likeness (QED) is 0.483. The van der Waals surface area contributed by atoms with Crippen molar-refractivity contribution in [3.8, 4) is 0 Å². The van der Waals surface area contributed by atoms with Crippen LogP contribution in [0.4, 0.5) is 5.69 Å². The fourth-order valence-electron chi connectivity index (χ4n) is 1.16. The number of hydrogen-bond donors (Lipinski definition) is 3. The first-order chi connectivity index (χ1) is 6.09. The summed E-state index contributed by atoms with van der Waals surface area (Å²) in [7, 11) is 0. The summed E-state index contributed by atoms with van der Waals surface area (Å²) in [6, 6.07) is 7.98. The molecule has 0 amide bonds. The van der Waals surface area contributed by atoms with Gasteiger partial charge >= 0.3 is 0 Å². The Bertz CT molecular complexity index is 253. The highest BCUT2D eigenvalue weighted by Gasteiger charge is 2.05. The zero-order chi connectivity index (χ0) is 9.84. The Labute approximate surface area is 79.1 Å². The first kappa shape index (κ1) is 10.0. The maximum atomic E-state index is 5.89. The van der Waals surface area contributed by atoms with Crippen molar-refractivity contribution in [1.29, 1.82) is 0 Å². The predicted molar refractivity (Wildman–Crippen MR) is 56.1 cm³/mol. The minimum atomic E-state index is -0.111. The monoisotopic (exact) mass is 179 g/mol. The first-order valence-electron chi connectivity index (χ1n) is 4.46. The van der Waals surface area contributed by atoms with E-state index in [1.807, 2.05) is 24.3 Å². The molecule has 1 unspecified atom stereocenters. The van der Waals surface area contributed by atoms with Crippen LogP contribution in [0.5, 0.6) is 0 Å². The standard InChI is InChI=1S/C10H17N3/c1-7(2)13-10(12)8-3-5-9(11)6-4-8/h3-7,10,13H,11-12H2,1-2H3. The number of rotatable bonds is 3. The molecule has 0 aromatic heterocycles. The van der Waals surface area contributed by atoms with Gasteiger partial charge in [-0.1, -0.05) is 12.1 Å². The van der Waals surface area contributed by atoms with Crippen molar-refractivity contribution < 1.29 is 0 Å². The van der Waals surface area contributed by atoms with E-state index in [9.17, 15) is 0 Å². The van der Waals surface area contributed by atoms with Gasteiger partial charge in [-0.25, -0.2) is 0 Å². The van der Waals surface area contributed by atoms with Crippen molar-refractivity contribution in [2.75, 3.05) is 5.73 Å². The summed E-state index contributed by atoms with van der Waals surface area (Å²) in [5.41, 5.74) is 13.3. The molecule has 72 valence electrons. The first-order valence-corrected chi connectivity index (χ1v) is 4.46. The molecule has 1 rings (SSSR count). The van der Waals surface area contributed by atoms with Gasteiger partial charge < -0.3 is 11.5 Å². The summed E-state index contributed by atoms with van der Waals surface area (Å²) in [5, 5.41) is 3.22. The summed E-state index contributed by atoms with van der Waals surface area (Å²) in [6.45, 7) is 4.13. The normalized spacial score (nSPS) is 13.2. The van der Waals surface area contributed by atoms with Crippen LogP contribution in [0.25, 0.3) is 0 Å². The highest BCUT2D eigenvalue weighted by molar-refractivity contribution is 5.39. The number of benzene rings is 1. The lowest BCUT2D eigenvalue weighted by Gasteiger charge is -2.16. The van der Waals surface area contributed by atoms with E-state index < -0.39 is 0 Å². The Morgan fingerprint density at radius 1 is 1.15 bits per heavy atom. The molecule has 0 saturated heterocycles. The van der Waals surface area contributed by atoms with Crippen LogP contribution in [0.2, 0.25) is 0 Å². The molecule has 3 heteroatoms. The molecule has 0 aliphatic carbocycles. The lowest BCUT2D eigenvalue weighted by Crippen LogP contribution is -2.33. The molecule has 1 aromatic rings. The zero-order valence-electron chi connectivity index (χ0n) is 8.12. The summed E-state index contributed by atoms with van der Waals surface area (Å²) >= 11 is 0. The maximum absolute atomic E-state index is 5.89. The number of anilines is 1. The van der Waals surface area contributed by atoms with Crippen LogP contribution in [0.3, 0.4) is 0 Å². The van der Waals surface area contributed by atoms with Crippen molar-refractivity contribution in [1.82, 2.24) is 5.32 Å². The molecule has 0 spiro atoms. The van der Waals surface area contributed by atoms with E-state index in [1.165, 1.54) is 0 Å². The molecule has 0 heterocycles. The molecular formula is C10H17N3. The summed E-state index contributed by atoms with van der Waals surface area (Å²) in [5.74, 6) is 0. The van der Waals surface area contributed by atoms with Gasteiger partial charge in [0.2, 0.25) is 0 Å². The fourth-order valence-corrected chi connectivity index (χ4v) is 1.16.